The summed E-state index contributed by atoms with van der Waals surface area (Å²) < 4.78 is 10.9. The van der Waals surface area contributed by atoms with Crippen molar-refractivity contribution in [1.82, 2.24) is 4.90 Å². The Morgan fingerprint density at radius 1 is 1.19 bits per heavy atom. The fraction of sp³-hybridized carbons (Fsp3) is 0.409. The number of hydrogen-bond donors (Lipinski definition) is 1. The van der Waals surface area contributed by atoms with Gasteiger partial charge in [-0.1, -0.05) is 12.1 Å². The molecule has 1 fully saturated rings. The van der Waals surface area contributed by atoms with Crippen LogP contribution < -0.4 is 14.8 Å². The van der Waals surface area contributed by atoms with Gasteiger partial charge in [0.2, 0.25) is 5.91 Å². The molecule has 0 aliphatic carbocycles. The first-order valence-corrected chi connectivity index (χ1v) is 9.35. The molecule has 144 valence electrons. The molecule has 1 heterocycles. The lowest BCUT2D eigenvalue weighted by Crippen LogP contribution is -2.33. The standard InChI is InChI=1S/C22H28N2O3/c1-15-7-5-8-19(16(15)2)23-22(25)14-24-12-6-9-20(24)18-13-17(26-3)10-11-21(18)27-4/h5,7-8,10-11,13,20H,6,9,12,14H2,1-4H3,(H,23,25)/t20-/m1/s1. The van der Waals surface area contributed by atoms with Gasteiger partial charge < -0.3 is 14.8 Å². The summed E-state index contributed by atoms with van der Waals surface area (Å²) in [6.07, 6.45) is 2.06. The maximum atomic E-state index is 12.7. The second-order valence-electron chi connectivity index (χ2n) is 7.03. The number of likely N-dealkylation sites (tertiary alicyclic amines) is 1. The average molecular weight is 368 g/mol. The van der Waals surface area contributed by atoms with E-state index in [1.165, 1.54) is 5.56 Å². The topological polar surface area (TPSA) is 50.8 Å². The molecule has 3 rings (SSSR count). The first kappa shape index (κ1) is 19.2. The van der Waals surface area contributed by atoms with Crippen LogP contribution >= 0.6 is 0 Å². The van der Waals surface area contributed by atoms with Crippen molar-refractivity contribution < 1.29 is 14.3 Å². The molecule has 0 spiro atoms. The summed E-state index contributed by atoms with van der Waals surface area (Å²) >= 11 is 0. The van der Waals surface area contributed by atoms with E-state index in [2.05, 4.69) is 23.2 Å². The van der Waals surface area contributed by atoms with Crippen LogP contribution in [0.15, 0.2) is 36.4 Å². The van der Waals surface area contributed by atoms with Gasteiger partial charge in [-0.15, -0.1) is 0 Å². The summed E-state index contributed by atoms with van der Waals surface area (Å²) in [7, 11) is 3.34. The monoisotopic (exact) mass is 368 g/mol. The van der Waals surface area contributed by atoms with Crippen LogP contribution in [0.25, 0.3) is 0 Å². The van der Waals surface area contributed by atoms with Gasteiger partial charge in [0.25, 0.3) is 0 Å². The molecular formula is C22H28N2O3. The number of benzene rings is 2. The van der Waals surface area contributed by atoms with E-state index in [1.807, 2.05) is 37.3 Å². The normalized spacial score (nSPS) is 17.0. The number of carbonyl (C=O) groups excluding carboxylic acids is 1. The smallest absolute Gasteiger partial charge is 0.238 e. The van der Waals surface area contributed by atoms with E-state index < -0.39 is 0 Å². The number of nitrogens with zero attached hydrogens (tertiary/aromatic N) is 1. The molecule has 2 aromatic rings. The number of carbonyl (C=O) groups is 1. The number of aryl methyl sites for hydroxylation is 1. The quantitative estimate of drug-likeness (QED) is 0.834. The van der Waals surface area contributed by atoms with Crippen molar-refractivity contribution in [2.24, 2.45) is 0 Å². The zero-order valence-electron chi connectivity index (χ0n) is 16.5. The van der Waals surface area contributed by atoms with E-state index in [4.69, 9.17) is 9.47 Å². The van der Waals surface area contributed by atoms with Crippen LogP contribution in [0.2, 0.25) is 0 Å². The number of nitrogens with one attached hydrogen (secondary N) is 1. The summed E-state index contributed by atoms with van der Waals surface area (Å²) in [6, 6.07) is 12.0. The third-order valence-corrected chi connectivity index (χ3v) is 5.38. The molecule has 0 aromatic heterocycles. The number of hydrogen-bond acceptors (Lipinski definition) is 4. The van der Waals surface area contributed by atoms with Crippen molar-refractivity contribution in [3.63, 3.8) is 0 Å². The Morgan fingerprint density at radius 3 is 2.74 bits per heavy atom. The van der Waals surface area contributed by atoms with Crippen LogP contribution in [0.1, 0.15) is 35.6 Å². The third kappa shape index (κ3) is 4.25. The summed E-state index contributed by atoms with van der Waals surface area (Å²) in [5.74, 6) is 1.65. The van der Waals surface area contributed by atoms with Crippen LogP contribution in [0.4, 0.5) is 5.69 Å². The van der Waals surface area contributed by atoms with Gasteiger partial charge in [-0.3, -0.25) is 9.69 Å². The molecule has 1 saturated heterocycles. The van der Waals surface area contributed by atoms with Crippen LogP contribution in [0, 0.1) is 13.8 Å². The number of methoxy groups -OCH3 is 2. The number of amides is 1. The molecule has 1 N–H and O–H groups in total. The fourth-order valence-electron chi connectivity index (χ4n) is 3.73. The van der Waals surface area contributed by atoms with Gasteiger partial charge in [-0.2, -0.15) is 0 Å². The zero-order valence-corrected chi connectivity index (χ0v) is 16.5. The molecule has 1 aliphatic heterocycles. The highest BCUT2D eigenvalue weighted by atomic mass is 16.5. The molecule has 2 aromatic carbocycles. The van der Waals surface area contributed by atoms with E-state index in [9.17, 15) is 4.79 Å². The van der Waals surface area contributed by atoms with Gasteiger partial charge in [-0.05, 0) is 68.6 Å². The lowest BCUT2D eigenvalue weighted by atomic mass is 10.0. The van der Waals surface area contributed by atoms with Crippen molar-refractivity contribution in [1.29, 1.82) is 0 Å². The molecule has 1 amide bonds. The van der Waals surface area contributed by atoms with Crippen LogP contribution in [-0.4, -0.2) is 38.1 Å². The summed E-state index contributed by atoms with van der Waals surface area (Å²) in [6.45, 7) is 5.34. The Morgan fingerprint density at radius 2 is 2.00 bits per heavy atom. The molecular weight excluding hydrogens is 340 g/mol. The maximum absolute atomic E-state index is 12.7. The van der Waals surface area contributed by atoms with Gasteiger partial charge in [0.05, 0.1) is 20.8 Å². The van der Waals surface area contributed by atoms with Gasteiger partial charge in [0, 0.05) is 17.3 Å². The molecule has 1 aliphatic rings. The highest BCUT2D eigenvalue weighted by molar-refractivity contribution is 5.93. The third-order valence-electron chi connectivity index (χ3n) is 5.38. The van der Waals surface area contributed by atoms with Gasteiger partial charge in [0.15, 0.2) is 0 Å². The lowest BCUT2D eigenvalue weighted by molar-refractivity contribution is -0.117. The minimum atomic E-state index is 0.0115. The Bertz CT molecular complexity index is 819. The van der Waals surface area contributed by atoms with E-state index in [1.54, 1.807) is 14.2 Å². The number of anilines is 1. The summed E-state index contributed by atoms with van der Waals surface area (Å²) in [5.41, 5.74) is 4.25. The van der Waals surface area contributed by atoms with Crippen molar-refractivity contribution in [2.75, 3.05) is 32.6 Å². The molecule has 0 saturated carbocycles. The zero-order chi connectivity index (χ0) is 19.4. The summed E-state index contributed by atoms with van der Waals surface area (Å²) in [5, 5.41) is 3.06. The molecule has 27 heavy (non-hydrogen) atoms. The Balaban J connectivity index is 1.75. The predicted octanol–water partition coefficient (Wildman–Crippen LogP) is 4.10. The molecule has 0 bridgehead atoms. The minimum Gasteiger partial charge on any atom is -0.497 e. The number of rotatable bonds is 6. The van der Waals surface area contributed by atoms with E-state index >= 15 is 0 Å². The largest absolute Gasteiger partial charge is 0.497 e. The van der Waals surface area contributed by atoms with E-state index in [-0.39, 0.29) is 11.9 Å². The molecule has 5 heteroatoms. The summed E-state index contributed by atoms with van der Waals surface area (Å²) in [4.78, 5) is 14.9. The first-order chi connectivity index (χ1) is 13.0. The lowest BCUT2D eigenvalue weighted by Gasteiger charge is -2.26. The second-order valence-corrected chi connectivity index (χ2v) is 7.03. The molecule has 1 atom stereocenters. The Kier molecular flexibility index (Phi) is 6.01. The maximum Gasteiger partial charge on any atom is 0.238 e. The minimum absolute atomic E-state index is 0.0115. The van der Waals surface area contributed by atoms with Gasteiger partial charge in [0.1, 0.15) is 11.5 Å². The Labute approximate surface area is 161 Å². The molecule has 0 radical (unpaired) electrons. The number of ether oxygens (including phenoxy) is 2. The van der Waals surface area contributed by atoms with Crippen molar-refractivity contribution in [2.45, 2.75) is 32.7 Å². The van der Waals surface area contributed by atoms with Crippen molar-refractivity contribution in [3.05, 3.63) is 53.1 Å². The highest BCUT2D eigenvalue weighted by Gasteiger charge is 2.30. The Hall–Kier alpha value is -2.53. The molecule has 5 nitrogen and oxygen atoms in total. The van der Waals surface area contributed by atoms with Crippen LogP contribution in [0.3, 0.4) is 0 Å². The molecule has 0 unspecified atom stereocenters. The van der Waals surface area contributed by atoms with Crippen molar-refractivity contribution in [3.8, 4) is 11.5 Å². The van der Waals surface area contributed by atoms with Gasteiger partial charge >= 0.3 is 0 Å². The average Bonchev–Trinajstić information content (AvgIpc) is 3.12. The first-order valence-electron chi connectivity index (χ1n) is 9.35. The van der Waals surface area contributed by atoms with Crippen LogP contribution in [0.5, 0.6) is 11.5 Å². The SMILES string of the molecule is COc1ccc(OC)c([C@H]2CCCN2CC(=O)Nc2cccc(C)c2C)c1. The van der Waals surface area contributed by atoms with Gasteiger partial charge in [-0.25, -0.2) is 0 Å². The predicted molar refractivity (Wildman–Crippen MR) is 108 cm³/mol. The second kappa shape index (κ2) is 8.44. The fourth-order valence-corrected chi connectivity index (χ4v) is 3.73. The van der Waals surface area contributed by atoms with Crippen LogP contribution in [-0.2, 0) is 4.79 Å². The highest BCUT2D eigenvalue weighted by Crippen LogP contribution is 2.38. The van der Waals surface area contributed by atoms with Crippen molar-refractivity contribution >= 4 is 11.6 Å². The van der Waals surface area contributed by atoms with E-state index in [0.717, 1.165) is 47.7 Å². The van der Waals surface area contributed by atoms with E-state index in [0.29, 0.717) is 6.54 Å².